The van der Waals surface area contributed by atoms with Gasteiger partial charge in [0.25, 0.3) is 0 Å². The number of anilines is 1. The third-order valence-corrected chi connectivity index (χ3v) is 6.76. The summed E-state index contributed by atoms with van der Waals surface area (Å²) in [5.74, 6) is -0.103. The van der Waals surface area contributed by atoms with Crippen molar-refractivity contribution in [1.29, 1.82) is 0 Å². The Bertz CT molecular complexity index is 1330. The minimum Gasteiger partial charge on any atom is -0.333 e. The van der Waals surface area contributed by atoms with Gasteiger partial charge in [0.15, 0.2) is 0 Å². The highest BCUT2D eigenvalue weighted by Crippen LogP contribution is 2.42. The maximum atomic E-state index is 14.1. The van der Waals surface area contributed by atoms with Gasteiger partial charge in [-0.2, -0.15) is 0 Å². The van der Waals surface area contributed by atoms with Gasteiger partial charge in [0.1, 0.15) is 12.6 Å². The van der Waals surface area contributed by atoms with Crippen LogP contribution < -0.4 is 4.90 Å². The molecule has 182 valence electrons. The van der Waals surface area contributed by atoms with Gasteiger partial charge in [0.05, 0.1) is 23.5 Å². The van der Waals surface area contributed by atoms with Gasteiger partial charge in [-0.05, 0) is 41.8 Å². The molecule has 0 saturated carbocycles. The number of hydrogen-bond donors (Lipinski definition) is 0. The van der Waals surface area contributed by atoms with Gasteiger partial charge in [0, 0.05) is 12.7 Å². The van der Waals surface area contributed by atoms with Gasteiger partial charge in [-0.25, -0.2) is 0 Å². The van der Waals surface area contributed by atoms with Gasteiger partial charge in [0.2, 0.25) is 11.8 Å². The Morgan fingerprint density at radius 2 is 1.47 bits per heavy atom. The van der Waals surface area contributed by atoms with E-state index in [0.29, 0.717) is 13.0 Å². The summed E-state index contributed by atoms with van der Waals surface area (Å²) in [4.78, 5) is 31.1. The van der Waals surface area contributed by atoms with Crippen molar-refractivity contribution in [3.8, 4) is 5.69 Å². The van der Waals surface area contributed by atoms with E-state index in [1.54, 1.807) is 4.90 Å². The van der Waals surface area contributed by atoms with Crippen molar-refractivity contribution >= 4 is 17.5 Å². The summed E-state index contributed by atoms with van der Waals surface area (Å²) >= 11 is 0. The van der Waals surface area contributed by atoms with Crippen LogP contribution in [0.2, 0.25) is 0 Å². The van der Waals surface area contributed by atoms with E-state index in [2.05, 4.69) is 29.7 Å². The molecule has 36 heavy (non-hydrogen) atoms. The third kappa shape index (κ3) is 4.69. The number of amides is 2. The van der Waals surface area contributed by atoms with E-state index in [-0.39, 0.29) is 24.4 Å². The third-order valence-electron chi connectivity index (χ3n) is 6.76. The Kier molecular flexibility index (Phi) is 6.99. The Balaban J connectivity index is 1.50. The number of benzene rings is 3. The van der Waals surface area contributed by atoms with E-state index in [4.69, 9.17) is 0 Å². The zero-order valence-corrected chi connectivity index (χ0v) is 20.6. The molecule has 1 atom stereocenters. The molecule has 5 heteroatoms. The van der Waals surface area contributed by atoms with Crippen molar-refractivity contribution in [1.82, 2.24) is 9.47 Å². The molecule has 0 bridgehead atoms. The number of aromatic nitrogens is 1. The van der Waals surface area contributed by atoms with Crippen molar-refractivity contribution in [2.45, 2.75) is 32.2 Å². The molecule has 3 aromatic carbocycles. The lowest BCUT2D eigenvalue weighted by atomic mass is 9.97. The molecule has 2 heterocycles. The van der Waals surface area contributed by atoms with Gasteiger partial charge in [-0.1, -0.05) is 86.1 Å². The van der Waals surface area contributed by atoms with Crippen LogP contribution in [-0.2, 0) is 16.0 Å². The van der Waals surface area contributed by atoms with E-state index in [9.17, 15) is 9.59 Å². The predicted octanol–water partition coefficient (Wildman–Crippen LogP) is 5.78. The minimum atomic E-state index is -0.277. The number of hydrogen-bond acceptors (Lipinski definition) is 2. The molecular formula is C31H31N3O2. The SMILES string of the molecule is CCCCN(CC(=O)N1c2ccccc2-n2cccc2C1c1ccccc1)C(=O)Cc1ccccc1. The normalized spacial score (nSPS) is 14.1. The van der Waals surface area contributed by atoms with Gasteiger partial charge in [-0.15, -0.1) is 0 Å². The topological polar surface area (TPSA) is 45.6 Å². The zero-order chi connectivity index (χ0) is 24.9. The number of carbonyl (C=O) groups excluding carboxylic acids is 2. The monoisotopic (exact) mass is 477 g/mol. The lowest BCUT2D eigenvalue weighted by molar-refractivity contribution is -0.134. The summed E-state index contributed by atoms with van der Waals surface area (Å²) in [7, 11) is 0. The first-order valence-electron chi connectivity index (χ1n) is 12.6. The number of unbranched alkanes of at least 4 members (excludes halogenated alkanes) is 1. The molecule has 1 unspecified atom stereocenters. The van der Waals surface area contributed by atoms with Crippen LogP contribution in [0.15, 0.2) is 103 Å². The zero-order valence-electron chi connectivity index (χ0n) is 20.6. The fourth-order valence-corrected chi connectivity index (χ4v) is 4.98. The molecule has 5 rings (SSSR count). The molecule has 1 aromatic heterocycles. The van der Waals surface area contributed by atoms with Crippen LogP contribution >= 0.6 is 0 Å². The summed E-state index contributed by atoms with van der Waals surface area (Å²) in [5.41, 5.74) is 4.85. The lowest BCUT2D eigenvalue weighted by Crippen LogP contribution is -2.47. The Labute approximate surface area is 212 Å². The maximum Gasteiger partial charge on any atom is 0.247 e. The van der Waals surface area contributed by atoms with Gasteiger partial charge >= 0.3 is 0 Å². The first kappa shape index (κ1) is 23.6. The second kappa shape index (κ2) is 10.6. The summed E-state index contributed by atoms with van der Waals surface area (Å²) in [6.07, 6.45) is 4.15. The molecule has 0 radical (unpaired) electrons. The fourth-order valence-electron chi connectivity index (χ4n) is 4.98. The molecule has 2 amide bonds. The molecule has 1 aliphatic rings. The van der Waals surface area contributed by atoms with Crippen LogP contribution in [0, 0.1) is 0 Å². The first-order chi connectivity index (χ1) is 17.7. The van der Waals surface area contributed by atoms with Crippen molar-refractivity contribution in [3.05, 3.63) is 120 Å². The maximum absolute atomic E-state index is 14.1. The molecule has 0 fully saturated rings. The fraction of sp³-hybridized carbons (Fsp3) is 0.226. The molecule has 1 aliphatic heterocycles. The summed E-state index contributed by atoms with van der Waals surface area (Å²) in [6, 6.07) is 31.7. The Hall–Kier alpha value is -4.12. The standard InChI is InChI=1S/C31H31N3O2/c1-2-3-20-32(29(35)22-24-13-6-4-7-14-24)23-30(36)34-27-18-11-10-17-26(27)33-21-12-19-28(33)31(34)25-15-8-5-9-16-25/h4-19,21,31H,2-3,20,22-23H2,1H3. The van der Waals surface area contributed by atoms with Crippen LogP contribution in [-0.4, -0.2) is 34.4 Å². The molecular weight excluding hydrogens is 446 g/mol. The van der Waals surface area contributed by atoms with Crippen LogP contribution in [0.25, 0.3) is 5.69 Å². The summed E-state index contributed by atoms with van der Waals surface area (Å²) in [6.45, 7) is 2.71. The van der Waals surface area contributed by atoms with E-state index < -0.39 is 0 Å². The highest BCUT2D eigenvalue weighted by Gasteiger charge is 2.36. The Morgan fingerprint density at radius 3 is 2.19 bits per heavy atom. The van der Waals surface area contributed by atoms with E-state index >= 15 is 0 Å². The van der Waals surface area contributed by atoms with Crippen molar-refractivity contribution in [2.75, 3.05) is 18.0 Å². The summed E-state index contributed by atoms with van der Waals surface area (Å²) < 4.78 is 2.16. The average molecular weight is 478 g/mol. The summed E-state index contributed by atoms with van der Waals surface area (Å²) in [5, 5.41) is 0. The number of fused-ring (bicyclic) bond motifs is 3. The smallest absolute Gasteiger partial charge is 0.247 e. The highest BCUT2D eigenvalue weighted by atomic mass is 16.2. The Morgan fingerprint density at radius 1 is 0.806 bits per heavy atom. The van der Waals surface area contributed by atoms with Crippen molar-refractivity contribution < 1.29 is 9.59 Å². The minimum absolute atomic E-state index is 0.0204. The van der Waals surface area contributed by atoms with Crippen LogP contribution in [0.1, 0.15) is 42.6 Å². The van der Waals surface area contributed by atoms with E-state index in [1.807, 2.05) is 90.0 Å². The molecule has 0 aliphatic carbocycles. The van der Waals surface area contributed by atoms with E-state index in [1.165, 1.54) is 0 Å². The van der Waals surface area contributed by atoms with Crippen LogP contribution in [0.5, 0.6) is 0 Å². The van der Waals surface area contributed by atoms with E-state index in [0.717, 1.165) is 41.0 Å². The number of para-hydroxylation sites is 2. The average Bonchev–Trinajstić information content (AvgIpc) is 3.41. The quantitative estimate of drug-likeness (QED) is 0.323. The van der Waals surface area contributed by atoms with Gasteiger partial charge in [-0.3, -0.25) is 14.5 Å². The second-order valence-electron chi connectivity index (χ2n) is 9.20. The van der Waals surface area contributed by atoms with Crippen LogP contribution in [0.3, 0.4) is 0 Å². The molecule has 0 N–H and O–H groups in total. The van der Waals surface area contributed by atoms with Crippen molar-refractivity contribution in [2.24, 2.45) is 0 Å². The number of carbonyl (C=O) groups is 2. The van der Waals surface area contributed by atoms with Crippen LogP contribution in [0.4, 0.5) is 5.69 Å². The van der Waals surface area contributed by atoms with Gasteiger partial charge < -0.3 is 9.47 Å². The largest absolute Gasteiger partial charge is 0.333 e. The molecule has 4 aromatic rings. The number of nitrogens with zero attached hydrogens (tertiary/aromatic N) is 3. The molecule has 0 spiro atoms. The lowest BCUT2D eigenvalue weighted by Gasteiger charge is -2.39. The highest BCUT2D eigenvalue weighted by molar-refractivity contribution is 6.00. The predicted molar refractivity (Wildman–Crippen MR) is 143 cm³/mol. The number of rotatable bonds is 8. The van der Waals surface area contributed by atoms with Crippen molar-refractivity contribution in [3.63, 3.8) is 0 Å². The second-order valence-corrected chi connectivity index (χ2v) is 9.20. The molecule has 5 nitrogen and oxygen atoms in total. The first-order valence-corrected chi connectivity index (χ1v) is 12.6. The molecule has 0 saturated heterocycles.